The summed E-state index contributed by atoms with van der Waals surface area (Å²) in [7, 11) is 1.81. The third-order valence-corrected chi connectivity index (χ3v) is 4.15. The fourth-order valence-electron chi connectivity index (χ4n) is 2.58. The summed E-state index contributed by atoms with van der Waals surface area (Å²) in [5.41, 5.74) is 0.731. The maximum Gasteiger partial charge on any atom is 0.247 e. The molecule has 1 amide bonds. The van der Waals surface area contributed by atoms with Crippen LogP contribution in [0.4, 0.5) is 5.69 Å². The summed E-state index contributed by atoms with van der Waals surface area (Å²) in [6, 6.07) is 5.24. The lowest BCUT2D eigenvalue weighted by Gasteiger charge is -2.46. The van der Waals surface area contributed by atoms with Crippen LogP contribution < -0.4 is 4.90 Å². The highest BCUT2D eigenvalue weighted by molar-refractivity contribution is 6.33. The Hall–Kier alpha value is -1.55. The minimum absolute atomic E-state index is 0.0211. The van der Waals surface area contributed by atoms with Gasteiger partial charge in [0.2, 0.25) is 5.91 Å². The van der Waals surface area contributed by atoms with Crippen molar-refractivity contribution in [1.82, 2.24) is 4.90 Å². The van der Waals surface area contributed by atoms with E-state index in [0.29, 0.717) is 23.7 Å². The Morgan fingerprint density at radius 2 is 1.95 bits per heavy atom. The van der Waals surface area contributed by atoms with E-state index >= 15 is 0 Å². The van der Waals surface area contributed by atoms with Crippen molar-refractivity contribution in [2.45, 2.75) is 26.3 Å². The van der Waals surface area contributed by atoms with Crippen molar-refractivity contribution < 1.29 is 9.59 Å². The largest absolute Gasteiger partial charge is 0.355 e. The molecule has 0 radical (unpaired) electrons. The van der Waals surface area contributed by atoms with Crippen LogP contribution in [-0.2, 0) is 4.79 Å². The molecule has 0 bridgehead atoms. The molecule has 0 unspecified atom stereocenters. The Labute approximate surface area is 124 Å². The first-order valence-electron chi connectivity index (χ1n) is 6.59. The number of anilines is 1. The monoisotopic (exact) mass is 294 g/mol. The second-order valence-corrected chi connectivity index (χ2v) is 6.07. The zero-order valence-electron chi connectivity index (χ0n) is 12.2. The highest BCUT2D eigenvalue weighted by Gasteiger charge is 2.41. The van der Waals surface area contributed by atoms with Crippen LogP contribution in [0, 0.1) is 0 Å². The highest BCUT2D eigenvalue weighted by atomic mass is 35.5. The van der Waals surface area contributed by atoms with Gasteiger partial charge in [0.05, 0.1) is 10.7 Å². The number of amides is 1. The van der Waals surface area contributed by atoms with Gasteiger partial charge in [0, 0.05) is 25.7 Å². The fraction of sp³-hybridized carbons (Fsp3) is 0.467. The Balaban J connectivity index is 2.41. The van der Waals surface area contributed by atoms with E-state index in [9.17, 15) is 9.59 Å². The number of benzene rings is 1. The van der Waals surface area contributed by atoms with Gasteiger partial charge in [0.1, 0.15) is 5.54 Å². The van der Waals surface area contributed by atoms with Crippen LogP contribution in [0.1, 0.15) is 31.1 Å². The topological polar surface area (TPSA) is 40.6 Å². The first kappa shape index (κ1) is 14.9. The molecule has 1 heterocycles. The van der Waals surface area contributed by atoms with E-state index in [1.54, 1.807) is 17.0 Å². The SMILES string of the molecule is CC(=O)c1ccc(N2CCN(C)C(=O)C2(C)C)c(Cl)c1. The van der Waals surface area contributed by atoms with Crippen molar-refractivity contribution in [2.24, 2.45) is 0 Å². The zero-order chi connectivity index (χ0) is 15.1. The van der Waals surface area contributed by atoms with Crippen LogP contribution in [0.3, 0.4) is 0 Å². The van der Waals surface area contributed by atoms with Crippen LogP contribution in [0.5, 0.6) is 0 Å². The van der Waals surface area contributed by atoms with E-state index in [1.807, 2.05) is 31.9 Å². The van der Waals surface area contributed by atoms with E-state index < -0.39 is 5.54 Å². The quantitative estimate of drug-likeness (QED) is 0.787. The van der Waals surface area contributed by atoms with Crippen molar-refractivity contribution in [3.8, 4) is 0 Å². The minimum Gasteiger partial charge on any atom is -0.355 e. The summed E-state index contributed by atoms with van der Waals surface area (Å²) in [5.74, 6) is 0.0441. The smallest absolute Gasteiger partial charge is 0.247 e. The van der Waals surface area contributed by atoms with Crippen LogP contribution in [0.25, 0.3) is 0 Å². The number of likely N-dealkylation sites (N-methyl/N-ethyl adjacent to an activating group) is 1. The van der Waals surface area contributed by atoms with Gasteiger partial charge in [-0.1, -0.05) is 11.6 Å². The van der Waals surface area contributed by atoms with Crippen molar-refractivity contribution in [2.75, 3.05) is 25.0 Å². The first-order valence-corrected chi connectivity index (χ1v) is 6.96. The van der Waals surface area contributed by atoms with Gasteiger partial charge in [-0.2, -0.15) is 0 Å². The number of Topliss-reactive ketones (excluding diaryl/α,β-unsaturated/α-hetero) is 1. The molecule has 4 nitrogen and oxygen atoms in total. The molecule has 20 heavy (non-hydrogen) atoms. The normalized spacial score (nSPS) is 18.4. The van der Waals surface area contributed by atoms with E-state index in [4.69, 9.17) is 11.6 Å². The molecule has 0 saturated carbocycles. The summed E-state index contributed by atoms with van der Waals surface area (Å²) in [6.07, 6.45) is 0. The number of nitrogens with zero attached hydrogens (tertiary/aromatic N) is 2. The molecule has 0 aliphatic carbocycles. The molecule has 2 rings (SSSR count). The maximum absolute atomic E-state index is 12.3. The zero-order valence-corrected chi connectivity index (χ0v) is 13.0. The Morgan fingerprint density at radius 3 is 2.50 bits per heavy atom. The fourth-order valence-corrected chi connectivity index (χ4v) is 2.86. The average Bonchev–Trinajstić information content (AvgIpc) is 2.37. The number of hydrogen-bond donors (Lipinski definition) is 0. The second kappa shape index (κ2) is 5.09. The molecule has 1 aromatic rings. The average molecular weight is 295 g/mol. The van der Waals surface area contributed by atoms with Gasteiger partial charge in [0.15, 0.2) is 5.78 Å². The summed E-state index contributed by atoms with van der Waals surface area (Å²) in [4.78, 5) is 27.4. The third kappa shape index (κ3) is 2.40. The number of carbonyl (C=O) groups is 2. The highest BCUT2D eigenvalue weighted by Crippen LogP contribution is 2.34. The molecule has 108 valence electrons. The molecule has 1 aromatic carbocycles. The van der Waals surface area contributed by atoms with Gasteiger partial charge in [-0.3, -0.25) is 9.59 Å². The van der Waals surface area contributed by atoms with Gasteiger partial charge in [-0.25, -0.2) is 0 Å². The molecule has 0 aromatic heterocycles. The Kier molecular flexibility index (Phi) is 3.78. The van der Waals surface area contributed by atoms with Crippen LogP contribution >= 0.6 is 11.6 Å². The van der Waals surface area contributed by atoms with Crippen LogP contribution in [0.15, 0.2) is 18.2 Å². The Morgan fingerprint density at radius 1 is 1.30 bits per heavy atom. The number of rotatable bonds is 2. The lowest BCUT2D eigenvalue weighted by atomic mass is 9.96. The van der Waals surface area contributed by atoms with E-state index in [1.165, 1.54) is 6.92 Å². The van der Waals surface area contributed by atoms with Gasteiger partial charge in [-0.05, 0) is 39.0 Å². The molecule has 1 aliphatic heterocycles. The first-order chi connectivity index (χ1) is 9.25. The summed E-state index contributed by atoms with van der Waals surface area (Å²) < 4.78 is 0. The van der Waals surface area contributed by atoms with Gasteiger partial charge in [-0.15, -0.1) is 0 Å². The number of carbonyl (C=O) groups excluding carboxylic acids is 2. The second-order valence-electron chi connectivity index (χ2n) is 5.66. The van der Waals surface area contributed by atoms with Crippen molar-refractivity contribution >= 4 is 29.0 Å². The van der Waals surface area contributed by atoms with Gasteiger partial charge < -0.3 is 9.80 Å². The lowest BCUT2D eigenvalue weighted by molar-refractivity contribution is -0.136. The molecule has 1 aliphatic rings. The molecule has 0 spiro atoms. The van der Waals surface area contributed by atoms with Crippen molar-refractivity contribution in [3.63, 3.8) is 0 Å². The van der Waals surface area contributed by atoms with Crippen LogP contribution in [0.2, 0.25) is 5.02 Å². The van der Waals surface area contributed by atoms with E-state index in [0.717, 1.165) is 5.69 Å². The predicted molar refractivity (Wildman–Crippen MR) is 80.5 cm³/mol. The summed E-state index contributed by atoms with van der Waals surface area (Å²) >= 11 is 6.30. The Bertz CT molecular complexity index is 569. The number of ketones is 1. The van der Waals surface area contributed by atoms with Crippen molar-refractivity contribution in [3.05, 3.63) is 28.8 Å². The molecular formula is C15H19ClN2O2. The molecule has 0 atom stereocenters. The predicted octanol–water partition coefficient (Wildman–Crippen LogP) is 2.60. The van der Waals surface area contributed by atoms with Gasteiger partial charge in [0.25, 0.3) is 0 Å². The molecule has 0 N–H and O–H groups in total. The van der Waals surface area contributed by atoms with Gasteiger partial charge >= 0.3 is 0 Å². The maximum atomic E-state index is 12.3. The van der Waals surface area contributed by atoms with Crippen LogP contribution in [-0.4, -0.2) is 42.3 Å². The molecule has 1 saturated heterocycles. The summed E-state index contributed by atoms with van der Waals surface area (Å²) in [5, 5.41) is 0.503. The lowest BCUT2D eigenvalue weighted by Crippen LogP contribution is -2.62. The van der Waals surface area contributed by atoms with E-state index in [-0.39, 0.29) is 11.7 Å². The number of piperazine rings is 1. The molecular weight excluding hydrogens is 276 g/mol. The minimum atomic E-state index is -0.644. The molecule has 1 fully saturated rings. The van der Waals surface area contributed by atoms with Crippen molar-refractivity contribution in [1.29, 1.82) is 0 Å². The standard InChI is InChI=1S/C15H19ClN2O2/c1-10(19)11-5-6-13(12(16)9-11)18-8-7-17(4)14(20)15(18,2)3/h5-6,9H,7-8H2,1-4H3. The number of hydrogen-bond acceptors (Lipinski definition) is 3. The molecule has 5 heteroatoms. The summed E-state index contributed by atoms with van der Waals surface area (Å²) in [6.45, 7) is 6.66. The third-order valence-electron chi connectivity index (χ3n) is 3.85. The van der Waals surface area contributed by atoms with E-state index in [2.05, 4.69) is 0 Å². The number of halogens is 1.